The lowest BCUT2D eigenvalue weighted by Gasteiger charge is -2.36. The number of hydrogen-bond donors (Lipinski definition) is 0. The fourth-order valence-electron chi connectivity index (χ4n) is 2.70. The molecular formula is C13H20O5. The quantitative estimate of drug-likeness (QED) is 0.712. The maximum Gasteiger partial charge on any atom is 0.309 e. The molecule has 1 aliphatic heterocycles. The van der Waals surface area contributed by atoms with Crippen molar-refractivity contribution < 1.29 is 23.8 Å². The van der Waals surface area contributed by atoms with E-state index in [0.29, 0.717) is 39.1 Å². The lowest BCUT2D eigenvalue weighted by Crippen LogP contribution is -2.44. The fraction of sp³-hybridized carbons (Fsp3) is 0.846. The van der Waals surface area contributed by atoms with Crippen LogP contribution < -0.4 is 0 Å². The monoisotopic (exact) mass is 256 g/mol. The van der Waals surface area contributed by atoms with Crippen LogP contribution in [0.5, 0.6) is 0 Å². The van der Waals surface area contributed by atoms with Gasteiger partial charge >= 0.3 is 5.97 Å². The molecule has 2 atom stereocenters. The van der Waals surface area contributed by atoms with Crippen molar-refractivity contribution in [1.82, 2.24) is 0 Å². The predicted molar refractivity (Wildman–Crippen MR) is 62.8 cm³/mol. The normalized spacial score (nSPS) is 28.3. The third-order valence-electron chi connectivity index (χ3n) is 3.77. The number of Topliss-reactive ketones (excluding diaryl/α,β-unsaturated/α-hetero) is 1. The van der Waals surface area contributed by atoms with Crippen LogP contribution in [0, 0.1) is 11.8 Å². The summed E-state index contributed by atoms with van der Waals surface area (Å²) in [6.45, 7) is 4.97. The summed E-state index contributed by atoms with van der Waals surface area (Å²) in [5.41, 5.74) is 0. The number of ether oxygens (including phenoxy) is 3. The highest BCUT2D eigenvalue weighted by atomic mass is 16.7. The van der Waals surface area contributed by atoms with Crippen molar-refractivity contribution in [3.63, 3.8) is 0 Å². The summed E-state index contributed by atoms with van der Waals surface area (Å²) in [5, 5.41) is 0. The van der Waals surface area contributed by atoms with E-state index in [2.05, 4.69) is 0 Å². The van der Waals surface area contributed by atoms with Gasteiger partial charge in [-0.2, -0.15) is 0 Å². The van der Waals surface area contributed by atoms with E-state index in [1.54, 1.807) is 13.8 Å². The van der Waals surface area contributed by atoms with E-state index in [4.69, 9.17) is 14.2 Å². The van der Waals surface area contributed by atoms with Crippen LogP contribution in [0.1, 0.15) is 33.1 Å². The van der Waals surface area contributed by atoms with Crippen molar-refractivity contribution in [2.24, 2.45) is 11.8 Å². The molecular weight excluding hydrogens is 236 g/mol. The van der Waals surface area contributed by atoms with Crippen molar-refractivity contribution in [1.29, 1.82) is 0 Å². The van der Waals surface area contributed by atoms with Crippen molar-refractivity contribution in [2.75, 3.05) is 19.8 Å². The Morgan fingerprint density at radius 3 is 2.78 bits per heavy atom. The number of carbonyl (C=O) groups excluding carboxylic acids is 2. The van der Waals surface area contributed by atoms with Crippen LogP contribution in [0.3, 0.4) is 0 Å². The van der Waals surface area contributed by atoms with E-state index in [0.717, 1.165) is 0 Å². The molecule has 1 spiro atoms. The zero-order valence-electron chi connectivity index (χ0n) is 10.9. The summed E-state index contributed by atoms with van der Waals surface area (Å²) in [5.74, 6) is -1.62. The molecule has 102 valence electrons. The van der Waals surface area contributed by atoms with Crippen LogP contribution in [0.15, 0.2) is 0 Å². The topological polar surface area (TPSA) is 61.8 Å². The molecule has 1 heterocycles. The molecule has 0 aromatic carbocycles. The molecule has 0 aromatic heterocycles. The number of ketones is 1. The Kier molecular flexibility index (Phi) is 4.02. The molecule has 1 aliphatic carbocycles. The Morgan fingerprint density at radius 1 is 1.50 bits per heavy atom. The Balaban J connectivity index is 2.05. The Morgan fingerprint density at radius 2 is 2.17 bits per heavy atom. The van der Waals surface area contributed by atoms with Crippen LogP contribution in [-0.2, 0) is 23.8 Å². The van der Waals surface area contributed by atoms with Crippen LogP contribution >= 0.6 is 0 Å². The van der Waals surface area contributed by atoms with E-state index < -0.39 is 11.7 Å². The van der Waals surface area contributed by atoms with Gasteiger partial charge in [0.15, 0.2) is 5.79 Å². The molecule has 18 heavy (non-hydrogen) atoms. The van der Waals surface area contributed by atoms with Gasteiger partial charge in [0.25, 0.3) is 0 Å². The number of hydrogen-bond acceptors (Lipinski definition) is 5. The summed E-state index contributed by atoms with van der Waals surface area (Å²) in [6, 6.07) is 0. The second-order valence-electron chi connectivity index (χ2n) is 4.93. The lowest BCUT2D eigenvalue weighted by atomic mass is 9.77. The predicted octanol–water partition coefficient (Wildman–Crippen LogP) is 1.30. The Hall–Kier alpha value is -0.940. The van der Waals surface area contributed by atoms with E-state index >= 15 is 0 Å². The first kappa shape index (κ1) is 13.5. The number of esters is 1. The van der Waals surface area contributed by atoms with Crippen LogP contribution in [0.4, 0.5) is 0 Å². The lowest BCUT2D eigenvalue weighted by molar-refractivity contribution is -0.194. The SMILES string of the molecule is CCOC(=O)[C@H](C)[C@@H]1CC2(CCC1=O)OCCO2. The fourth-order valence-corrected chi connectivity index (χ4v) is 2.70. The molecule has 0 unspecified atom stereocenters. The largest absolute Gasteiger partial charge is 0.466 e. The van der Waals surface area contributed by atoms with Gasteiger partial charge < -0.3 is 14.2 Å². The van der Waals surface area contributed by atoms with Crippen molar-refractivity contribution in [2.45, 2.75) is 38.9 Å². The minimum Gasteiger partial charge on any atom is -0.466 e. The third kappa shape index (κ3) is 2.57. The average molecular weight is 256 g/mol. The van der Waals surface area contributed by atoms with Gasteiger partial charge in [-0.3, -0.25) is 9.59 Å². The minimum absolute atomic E-state index is 0.111. The zero-order valence-corrected chi connectivity index (χ0v) is 10.9. The van der Waals surface area contributed by atoms with Gasteiger partial charge in [-0.25, -0.2) is 0 Å². The van der Waals surface area contributed by atoms with E-state index in [-0.39, 0.29) is 17.7 Å². The van der Waals surface area contributed by atoms with Gasteiger partial charge in [-0.15, -0.1) is 0 Å². The summed E-state index contributed by atoms with van der Waals surface area (Å²) in [6.07, 6.45) is 1.47. The standard InChI is InChI=1S/C13H20O5/c1-3-16-12(15)9(2)10-8-13(5-4-11(10)14)17-6-7-18-13/h9-10H,3-8H2,1-2H3/t9-,10+/m1/s1. The highest BCUT2D eigenvalue weighted by Gasteiger charge is 2.47. The third-order valence-corrected chi connectivity index (χ3v) is 3.77. The van der Waals surface area contributed by atoms with Gasteiger partial charge in [-0.1, -0.05) is 6.92 Å². The average Bonchev–Trinajstić information content (AvgIpc) is 2.81. The molecule has 0 bridgehead atoms. The summed E-state index contributed by atoms with van der Waals surface area (Å²) in [4.78, 5) is 23.7. The van der Waals surface area contributed by atoms with Crippen molar-refractivity contribution in [3.05, 3.63) is 0 Å². The maximum atomic E-state index is 12.0. The molecule has 2 aliphatic rings. The highest BCUT2D eigenvalue weighted by molar-refractivity contribution is 5.87. The van der Waals surface area contributed by atoms with Crippen LogP contribution in [0.25, 0.3) is 0 Å². The summed E-state index contributed by atoms with van der Waals surface area (Å²) in [7, 11) is 0. The van der Waals surface area contributed by atoms with Crippen LogP contribution in [-0.4, -0.2) is 37.4 Å². The Bertz CT molecular complexity index is 332. The van der Waals surface area contributed by atoms with E-state index in [1.807, 2.05) is 0 Å². The first-order chi connectivity index (χ1) is 8.58. The van der Waals surface area contributed by atoms with Gasteiger partial charge in [0.2, 0.25) is 0 Å². The molecule has 0 N–H and O–H groups in total. The molecule has 1 saturated heterocycles. The maximum absolute atomic E-state index is 12.0. The molecule has 0 radical (unpaired) electrons. The van der Waals surface area contributed by atoms with Gasteiger partial charge in [-0.05, 0) is 6.92 Å². The molecule has 0 aromatic rings. The summed E-state index contributed by atoms with van der Waals surface area (Å²) >= 11 is 0. The molecule has 5 nitrogen and oxygen atoms in total. The second kappa shape index (κ2) is 5.36. The molecule has 2 fully saturated rings. The first-order valence-corrected chi connectivity index (χ1v) is 6.55. The van der Waals surface area contributed by atoms with Gasteiger partial charge in [0, 0.05) is 25.2 Å². The molecule has 0 amide bonds. The van der Waals surface area contributed by atoms with Crippen molar-refractivity contribution in [3.8, 4) is 0 Å². The first-order valence-electron chi connectivity index (χ1n) is 6.55. The minimum atomic E-state index is -0.640. The number of rotatable bonds is 3. The Labute approximate surface area is 107 Å². The smallest absolute Gasteiger partial charge is 0.309 e. The van der Waals surface area contributed by atoms with Gasteiger partial charge in [0.05, 0.1) is 25.7 Å². The highest BCUT2D eigenvalue weighted by Crippen LogP contribution is 2.40. The second-order valence-corrected chi connectivity index (χ2v) is 4.93. The van der Waals surface area contributed by atoms with Crippen LogP contribution in [0.2, 0.25) is 0 Å². The van der Waals surface area contributed by atoms with Gasteiger partial charge in [0.1, 0.15) is 5.78 Å². The molecule has 2 rings (SSSR count). The molecule has 5 heteroatoms. The zero-order chi connectivity index (χ0) is 13.2. The van der Waals surface area contributed by atoms with Crippen molar-refractivity contribution >= 4 is 11.8 Å². The van der Waals surface area contributed by atoms with E-state index in [9.17, 15) is 9.59 Å². The van der Waals surface area contributed by atoms with E-state index in [1.165, 1.54) is 0 Å². The molecule has 1 saturated carbocycles. The summed E-state index contributed by atoms with van der Waals surface area (Å²) < 4.78 is 16.2. The number of carbonyl (C=O) groups is 2.